The number of hydrogen-bond acceptors (Lipinski definition) is 6. The Bertz CT molecular complexity index is 1090. The summed E-state index contributed by atoms with van der Waals surface area (Å²) < 4.78 is 38.9. The predicted octanol–water partition coefficient (Wildman–Crippen LogP) is 3.10. The van der Waals surface area contributed by atoms with Gasteiger partial charge in [-0.05, 0) is 62.9 Å². The van der Waals surface area contributed by atoms with E-state index in [4.69, 9.17) is 9.15 Å². The van der Waals surface area contributed by atoms with Crippen molar-refractivity contribution in [2.45, 2.75) is 50.0 Å². The normalized spacial score (nSPS) is 19.4. The minimum atomic E-state index is -3.77. The van der Waals surface area contributed by atoms with E-state index in [0.29, 0.717) is 44.8 Å². The third-order valence-electron chi connectivity index (χ3n) is 5.99. The number of anilines is 1. The summed E-state index contributed by atoms with van der Waals surface area (Å²) in [4.78, 5) is 27.3. The van der Waals surface area contributed by atoms with Gasteiger partial charge in [0.25, 0.3) is 5.91 Å². The molecule has 0 radical (unpaired) electrons. The molecule has 10 heteroatoms. The highest BCUT2D eigenvalue weighted by Gasteiger charge is 2.36. The molecule has 2 saturated heterocycles. The molecule has 0 spiro atoms. The van der Waals surface area contributed by atoms with Crippen LogP contribution in [-0.2, 0) is 14.8 Å². The molecule has 2 aromatic rings. The minimum absolute atomic E-state index is 0.0407. The number of benzene rings is 1. The predicted molar refractivity (Wildman–Crippen MR) is 122 cm³/mol. The van der Waals surface area contributed by atoms with Crippen molar-refractivity contribution in [3.8, 4) is 5.75 Å². The Morgan fingerprint density at radius 3 is 2.61 bits per heavy atom. The Labute approximate surface area is 193 Å². The Kier molecular flexibility index (Phi) is 7.04. The van der Waals surface area contributed by atoms with Gasteiger partial charge in [-0.15, -0.1) is 0 Å². The first kappa shape index (κ1) is 23.3. The summed E-state index contributed by atoms with van der Waals surface area (Å²) in [5.41, 5.74) is 0.344. The van der Waals surface area contributed by atoms with Crippen LogP contribution in [0.1, 0.15) is 49.6 Å². The molecular weight excluding hydrogens is 446 g/mol. The van der Waals surface area contributed by atoms with E-state index in [9.17, 15) is 18.0 Å². The van der Waals surface area contributed by atoms with Crippen LogP contribution in [0.25, 0.3) is 0 Å². The van der Waals surface area contributed by atoms with Gasteiger partial charge < -0.3 is 19.4 Å². The lowest BCUT2D eigenvalue weighted by atomic mass is 10.2. The number of amides is 2. The monoisotopic (exact) mass is 475 g/mol. The number of hydrogen-bond donors (Lipinski definition) is 1. The fourth-order valence-electron chi connectivity index (χ4n) is 4.36. The average molecular weight is 476 g/mol. The summed E-state index contributed by atoms with van der Waals surface area (Å²) in [5.74, 6) is -0.252. The molecular formula is C23H29N3O6S. The van der Waals surface area contributed by atoms with Crippen molar-refractivity contribution in [1.82, 2.24) is 9.21 Å². The molecule has 178 valence electrons. The molecule has 0 unspecified atom stereocenters. The van der Waals surface area contributed by atoms with E-state index in [1.807, 2.05) is 0 Å². The fraction of sp³-hybridized carbons (Fsp3) is 0.478. The molecule has 0 saturated carbocycles. The van der Waals surface area contributed by atoms with Crippen molar-refractivity contribution >= 4 is 27.5 Å². The van der Waals surface area contributed by atoms with Crippen LogP contribution in [0.2, 0.25) is 0 Å². The first-order valence-electron chi connectivity index (χ1n) is 11.3. The lowest BCUT2D eigenvalue weighted by Crippen LogP contribution is -2.43. The quantitative estimate of drug-likeness (QED) is 0.659. The molecule has 3 heterocycles. The van der Waals surface area contributed by atoms with Gasteiger partial charge in [0.05, 0.1) is 12.9 Å². The van der Waals surface area contributed by atoms with Crippen molar-refractivity contribution in [2.75, 3.05) is 31.6 Å². The number of carbonyl (C=O) groups is 2. The lowest BCUT2D eigenvalue weighted by molar-refractivity contribution is -0.119. The number of nitrogens with one attached hydrogen (secondary N) is 1. The molecule has 2 aliphatic heterocycles. The maximum atomic E-state index is 13.3. The Morgan fingerprint density at radius 1 is 1.12 bits per heavy atom. The minimum Gasteiger partial charge on any atom is -0.492 e. The second kappa shape index (κ2) is 9.96. The molecule has 1 N–H and O–H groups in total. The Morgan fingerprint density at radius 2 is 1.91 bits per heavy atom. The highest BCUT2D eigenvalue weighted by atomic mass is 32.2. The first-order valence-corrected chi connectivity index (χ1v) is 12.8. The number of carbonyl (C=O) groups excluding carboxylic acids is 2. The molecule has 4 rings (SSSR count). The van der Waals surface area contributed by atoms with Gasteiger partial charge in [-0.1, -0.05) is 6.42 Å². The molecule has 33 heavy (non-hydrogen) atoms. The van der Waals surface area contributed by atoms with Gasteiger partial charge in [0.15, 0.2) is 5.76 Å². The topological polar surface area (TPSA) is 109 Å². The van der Waals surface area contributed by atoms with Crippen LogP contribution >= 0.6 is 0 Å². The van der Waals surface area contributed by atoms with Crippen LogP contribution in [0.15, 0.2) is 45.9 Å². The third kappa shape index (κ3) is 4.91. The van der Waals surface area contributed by atoms with E-state index in [0.717, 1.165) is 19.3 Å². The van der Waals surface area contributed by atoms with Gasteiger partial charge in [-0.3, -0.25) is 9.59 Å². The van der Waals surface area contributed by atoms with Crippen LogP contribution in [0, 0.1) is 0 Å². The second-order valence-electron chi connectivity index (χ2n) is 8.18. The molecule has 9 nitrogen and oxygen atoms in total. The molecule has 1 aromatic carbocycles. The van der Waals surface area contributed by atoms with Crippen molar-refractivity contribution in [3.05, 3.63) is 42.4 Å². The summed E-state index contributed by atoms with van der Waals surface area (Å²) in [6.45, 7) is 3.50. The van der Waals surface area contributed by atoms with Gasteiger partial charge in [0.2, 0.25) is 15.9 Å². The standard InChI is InChI=1S/C23H29N3O6S/c1-2-31-19-11-10-17(16-21(19)33(29,30)25-12-4-3-5-13-25)24-22(27)18-8-6-14-26(18)23(28)20-9-7-15-32-20/h7,9-11,15-16,18H,2-6,8,12-14H2,1H3,(H,24,27)/t18-/m0/s1. The summed E-state index contributed by atoms with van der Waals surface area (Å²) in [7, 11) is -3.77. The van der Waals surface area contributed by atoms with Crippen LogP contribution < -0.4 is 10.1 Å². The smallest absolute Gasteiger partial charge is 0.290 e. The zero-order valence-corrected chi connectivity index (χ0v) is 19.5. The summed E-state index contributed by atoms with van der Waals surface area (Å²) >= 11 is 0. The van der Waals surface area contributed by atoms with E-state index in [1.165, 1.54) is 21.5 Å². The second-order valence-corrected chi connectivity index (χ2v) is 10.1. The van der Waals surface area contributed by atoms with Crippen molar-refractivity contribution in [2.24, 2.45) is 0 Å². The number of likely N-dealkylation sites (tertiary alicyclic amines) is 1. The van der Waals surface area contributed by atoms with Gasteiger partial charge >= 0.3 is 0 Å². The molecule has 0 bridgehead atoms. The number of sulfonamides is 1. The zero-order chi connectivity index (χ0) is 23.4. The summed E-state index contributed by atoms with van der Waals surface area (Å²) in [6, 6.07) is 7.17. The van der Waals surface area contributed by atoms with Gasteiger partial charge in [0, 0.05) is 25.3 Å². The highest BCUT2D eigenvalue weighted by Crippen LogP contribution is 2.32. The van der Waals surface area contributed by atoms with E-state index in [-0.39, 0.29) is 28.2 Å². The average Bonchev–Trinajstić information content (AvgIpc) is 3.53. The van der Waals surface area contributed by atoms with Gasteiger partial charge in [-0.25, -0.2) is 8.42 Å². The number of piperidine rings is 1. The SMILES string of the molecule is CCOc1ccc(NC(=O)[C@@H]2CCCN2C(=O)c2ccco2)cc1S(=O)(=O)N1CCCCC1. The van der Waals surface area contributed by atoms with E-state index >= 15 is 0 Å². The molecule has 1 aromatic heterocycles. The molecule has 1 atom stereocenters. The van der Waals surface area contributed by atoms with Crippen LogP contribution in [0.5, 0.6) is 5.75 Å². The number of nitrogens with zero attached hydrogens (tertiary/aromatic N) is 2. The Hall–Kier alpha value is -2.85. The maximum Gasteiger partial charge on any atom is 0.290 e. The first-order chi connectivity index (χ1) is 15.9. The Balaban J connectivity index is 1.56. The third-order valence-corrected chi connectivity index (χ3v) is 7.91. The molecule has 0 aliphatic carbocycles. The van der Waals surface area contributed by atoms with Crippen LogP contribution in [0.3, 0.4) is 0 Å². The van der Waals surface area contributed by atoms with Crippen LogP contribution in [-0.4, -0.2) is 61.7 Å². The largest absolute Gasteiger partial charge is 0.492 e. The number of rotatable bonds is 7. The van der Waals surface area contributed by atoms with Crippen LogP contribution in [0.4, 0.5) is 5.69 Å². The molecule has 2 aliphatic rings. The van der Waals surface area contributed by atoms with Crippen molar-refractivity contribution in [3.63, 3.8) is 0 Å². The summed E-state index contributed by atoms with van der Waals surface area (Å²) in [5, 5.41) is 2.80. The lowest BCUT2D eigenvalue weighted by Gasteiger charge is -2.27. The van der Waals surface area contributed by atoms with E-state index in [2.05, 4.69) is 5.32 Å². The number of furan rings is 1. The van der Waals surface area contributed by atoms with E-state index in [1.54, 1.807) is 31.2 Å². The van der Waals surface area contributed by atoms with Crippen molar-refractivity contribution in [1.29, 1.82) is 0 Å². The highest BCUT2D eigenvalue weighted by molar-refractivity contribution is 7.89. The fourth-order valence-corrected chi connectivity index (χ4v) is 6.03. The van der Waals surface area contributed by atoms with Crippen molar-refractivity contribution < 1.29 is 27.2 Å². The molecule has 2 amide bonds. The maximum absolute atomic E-state index is 13.3. The summed E-state index contributed by atoms with van der Waals surface area (Å²) in [6.07, 6.45) is 5.29. The van der Waals surface area contributed by atoms with Gasteiger partial charge in [0.1, 0.15) is 16.7 Å². The van der Waals surface area contributed by atoms with Gasteiger partial charge in [-0.2, -0.15) is 4.31 Å². The van der Waals surface area contributed by atoms with E-state index < -0.39 is 16.1 Å². The molecule has 2 fully saturated rings. The number of ether oxygens (including phenoxy) is 1. The zero-order valence-electron chi connectivity index (χ0n) is 18.7.